The molecule has 1 aromatic carbocycles. The molecule has 1 amide bonds. The summed E-state index contributed by atoms with van der Waals surface area (Å²) < 4.78 is 10.7. The number of nitrogens with one attached hydrogen (secondary N) is 1. The van der Waals surface area contributed by atoms with Gasteiger partial charge in [0.15, 0.2) is 0 Å². The summed E-state index contributed by atoms with van der Waals surface area (Å²) in [6.45, 7) is 7.82. The van der Waals surface area contributed by atoms with Crippen molar-refractivity contribution in [1.29, 1.82) is 0 Å². The van der Waals surface area contributed by atoms with Gasteiger partial charge >= 0.3 is 0 Å². The summed E-state index contributed by atoms with van der Waals surface area (Å²) >= 11 is 1.54. The molecule has 0 bridgehead atoms. The average molecular weight is 348 g/mol. The van der Waals surface area contributed by atoms with Crippen LogP contribution >= 0.6 is 11.8 Å². The van der Waals surface area contributed by atoms with Crippen molar-refractivity contribution in [2.75, 3.05) is 7.11 Å². The van der Waals surface area contributed by atoms with E-state index in [1.165, 1.54) is 11.8 Å². The van der Waals surface area contributed by atoms with E-state index in [4.69, 9.17) is 9.15 Å². The summed E-state index contributed by atoms with van der Waals surface area (Å²) in [4.78, 5) is 16.6. The Hall–Kier alpha value is -1.95. The molecule has 0 radical (unpaired) electrons. The Kier molecular flexibility index (Phi) is 5.94. The fourth-order valence-electron chi connectivity index (χ4n) is 2.00. The number of hydrogen-bond acceptors (Lipinski definition) is 5. The van der Waals surface area contributed by atoms with E-state index in [1.807, 2.05) is 52.0 Å². The molecular weight excluding hydrogens is 324 g/mol. The summed E-state index contributed by atoms with van der Waals surface area (Å²) in [7, 11) is 1.63. The van der Waals surface area contributed by atoms with Gasteiger partial charge in [-0.2, -0.15) is 0 Å². The van der Waals surface area contributed by atoms with Crippen LogP contribution in [0.1, 0.15) is 33.4 Å². The summed E-state index contributed by atoms with van der Waals surface area (Å²) in [6.07, 6.45) is 1.64. The summed E-state index contributed by atoms with van der Waals surface area (Å²) in [5, 5.41) is 2.83. The predicted molar refractivity (Wildman–Crippen MR) is 97.1 cm³/mol. The van der Waals surface area contributed by atoms with E-state index >= 15 is 0 Å². The number of oxazole rings is 1. The van der Waals surface area contributed by atoms with Crippen LogP contribution in [0.2, 0.25) is 0 Å². The molecule has 2 rings (SSSR count). The molecule has 130 valence electrons. The summed E-state index contributed by atoms with van der Waals surface area (Å²) in [5.41, 5.74) is 1.49. The average Bonchev–Trinajstić information content (AvgIpc) is 3.00. The Morgan fingerprint density at radius 2 is 2.00 bits per heavy atom. The molecule has 1 heterocycles. The van der Waals surface area contributed by atoms with Gasteiger partial charge < -0.3 is 14.5 Å². The molecule has 0 fully saturated rings. The monoisotopic (exact) mass is 348 g/mol. The lowest BCUT2D eigenvalue weighted by molar-refractivity contribution is -0.121. The number of hydrogen-bond donors (Lipinski definition) is 1. The number of aromatic nitrogens is 1. The molecule has 2 aromatic rings. The highest BCUT2D eigenvalue weighted by atomic mass is 32.2. The van der Waals surface area contributed by atoms with Crippen molar-refractivity contribution in [2.45, 2.75) is 44.2 Å². The number of ether oxygens (including phenoxy) is 1. The summed E-state index contributed by atoms with van der Waals surface area (Å²) in [5.74, 6) is 2.02. The van der Waals surface area contributed by atoms with E-state index in [0.29, 0.717) is 11.6 Å². The normalized spacial score (nSPS) is 12.7. The van der Waals surface area contributed by atoms with Crippen molar-refractivity contribution in [2.24, 2.45) is 0 Å². The lowest BCUT2D eigenvalue weighted by Gasteiger charge is -2.22. The molecule has 0 aliphatic carbocycles. The van der Waals surface area contributed by atoms with E-state index in [9.17, 15) is 4.79 Å². The third-order valence-electron chi connectivity index (χ3n) is 3.24. The second-order valence-electron chi connectivity index (χ2n) is 6.56. The number of nitrogens with zero attached hydrogens (tertiary/aromatic N) is 1. The lowest BCUT2D eigenvalue weighted by Crippen LogP contribution is -2.44. The van der Waals surface area contributed by atoms with E-state index in [0.717, 1.165) is 17.0 Å². The SMILES string of the molecule is COc1ccc(-c2nc(CSC(C)C(=O)NC(C)(C)C)co2)cc1. The molecule has 24 heavy (non-hydrogen) atoms. The second kappa shape index (κ2) is 7.75. The number of rotatable bonds is 6. The minimum Gasteiger partial charge on any atom is -0.497 e. The molecule has 1 atom stereocenters. The van der Waals surface area contributed by atoms with Crippen LogP contribution in [0.3, 0.4) is 0 Å². The maximum atomic E-state index is 12.1. The second-order valence-corrected chi connectivity index (χ2v) is 7.89. The maximum absolute atomic E-state index is 12.1. The van der Waals surface area contributed by atoms with Crippen molar-refractivity contribution in [1.82, 2.24) is 10.3 Å². The number of carbonyl (C=O) groups excluding carboxylic acids is 1. The van der Waals surface area contributed by atoms with Crippen LogP contribution in [0.15, 0.2) is 34.9 Å². The minimum atomic E-state index is -0.221. The Morgan fingerprint density at radius 3 is 2.58 bits per heavy atom. The molecule has 0 spiro atoms. The number of carbonyl (C=O) groups is 1. The zero-order chi connectivity index (χ0) is 17.7. The maximum Gasteiger partial charge on any atom is 0.233 e. The van der Waals surface area contributed by atoms with Gasteiger partial charge in [-0.25, -0.2) is 4.98 Å². The third kappa shape index (κ3) is 5.30. The first kappa shape index (κ1) is 18.4. The quantitative estimate of drug-likeness (QED) is 0.858. The fraction of sp³-hybridized carbons (Fsp3) is 0.444. The Balaban J connectivity index is 1.92. The lowest BCUT2D eigenvalue weighted by atomic mass is 10.1. The van der Waals surface area contributed by atoms with Crippen LogP contribution in [-0.2, 0) is 10.5 Å². The molecule has 0 saturated carbocycles. The van der Waals surface area contributed by atoms with Gasteiger partial charge in [0.1, 0.15) is 12.0 Å². The van der Waals surface area contributed by atoms with Crippen LogP contribution in [0.25, 0.3) is 11.5 Å². The number of thioether (sulfide) groups is 1. The van der Waals surface area contributed by atoms with Crippen LogP contribution in [-0.4, -0.2) is 28.8 Å². The van der Waals surface area contributed by atoms with E-state index in [-0.39, 0.29) is 16.7 Å². The van der Waals surface area contributed by atoms with Crippen molar-refractivity contribution >= 4 is 17.7 Å². The smallest absolute Gasteiger partial charge is 0.233 e. The Labute approximate surface area is 147 Å². The topological polar surface area (TPSA) is 64.4 Å². The van der Waals surface area contributed by atoms with Gasteiger partial charge in [-0.15, -0.1) is 11.8 Å². The standard InChI is InChI=1S/C18H24N2O3S/c1-12(16(21)20-18(2,3)4)24-11-14-10-23-17(19-14)13-6-8-15(22-5)9-7-13/h6-10,12H,11H2,1-5H3,(H,20,21). The molecule has 5 nitrogen and oxygen atoms in total. The highest BCUT2D eigenvalue weighted by molar-refractivity contribution is 7.99. The van der Waals surface area contributed by atoms with Crippen molar-refractivity contribution in [3.63, 3.8) is 0 Å². The molecule has 0 aliphatic heterocycles. The zero-order valence-corrected chi connectivity index (χ0v) is 15.6. The number of benzene rings is 1. The van der Waals surface area contributed by atoms with Crippen molar-refractivity contribution in [3.05, 3.63) is 36.2 Å². The molecule has 6 heteroatoms. The first-order valence-corrected chi connectivity index (χ1v) is 8.86. The van der Waals surface area contributed by atoms with Gasteiger partial charge in [-0.05, 0) is 52.0 Å². The highest BCUT2D eigenvalue weighted by Gasteiger charge is 2.20. The molecule has 1 aromatic heterocycles. The van der Waals surface area contributed by atoms with Crippen molar-refractivity contribution < 1.29 is 13.9 Å². The number of amides is 1. The molecular formula is C18H24N2O3S. The Bertz CT molecular complexity index is 674. The highest BCUT2D eigenvalue weighted by Crippen LogP contribution is 2.24. The van der Waals surface area contributed by atoms with Gasteiger partial charge in [-0.3, -0.25) is 4.79 Å². The van der Waals surface area contributed by atoms with Crippen molar-refractivity contribution in [3.8, 4) is 17.2 Å². The van der Waals surface area contributed by atoms with E-state index < -0.39 is 0 Å². The van der Waals surface area contributed by atoms with Gasteiger partial charge in [0.05, 0.1) is 18.1 Å². The third-order valence-corrected chi connectivity index (χ3v) is 4.41. The van der Waals surface area contributed by atoms with Gasteiger partial charge in [0.25, 0.3) is 0 Å². The van der Waals surface area contributed by atoms with Crippen LogP contribution in [0, 0.1) is 0 Å². The van der Waals surface area contributed by atoms with Crippen LogP contribution in [0.5, 0.6) is 5.75 Å². The van der Waals surface area contributed by atoms with Gasteiger partial charge in [0.2, 0.25) is 11.8 Å². The van der Waals surface area contributed by atoms with E-state index in [2.05, 4.69) is 10.3 Å². The molecule has 0 saturated heterocycles. The minimum absolute atomic E-state index is 0.0337. The summed E-state index contributed by atoms with van der Waals surface area (Å²) in [6, 6.07) is 7.54. The first-order valence-electron chi connectivity index (χ1n) is 7.81. The van der Waals surface area contributed by atoms with Crippen LogP contribution < -0.4 is 10.1 Å². The van der Waals surface area contributed by atoms with Gasteiger partial charge in [0, 0.05) is 16.9 Å². The first-order chi connectivity index (χ1) is 11.3. The number of methoxy groups -OCH3 is 1. The Morgan fingerprint density at radius 1 is 1.33 bits per heavy atom. The molecule has 1 unspecified atom stereocenters. The fourth-order valence-corrected chi connectivity index (χ4v) is 2.76. The predicted octanol–water partition coefficient (Wildman–Crippen LogP) is 3.89. The van der Waals surface area contributed by atoms with Crippen LogP contribution in [0.4, 0.5) is 0 Å². The zero-order valence-electron chi connectivity index (χ0n) is 14.8. The largest absolute Gasteiger partial charge is 0.497 e. The van der Waals surface area contributed by atoms with E-state index in [1.54, 1.807) is 13.4 Å². The van der Waals surface area contributed by atoms with Gasteiger partial charge in [-0.1, -0.05) is 0 Å². The molecule has 1 N–H and O–H groups in total. The molecule has 0 aliphatic rings.